The number of anilines is 1. The molecule has 9 heteroatoms. The van der Waals surface area contributed by atoms with Gasteiger partial charge in [0, 0.05) is 43.7 Å². The lowest BCUT2D eigenvalue weighted by Crippen LogP contribution is -2.52. The molecule has 2 atom stereocenters. The molecule has 2 aliphatic heterocycles. The second-order valence-corrected chi connectivity index (χ2v) is 12.9. The molecule has 7 nitrogen and oxygen atoms in total. The molecule has 0 bridgehead atoms. The van der Waals surface area contributed by atoms with E-state index in [1.165, 1.54) is 6.07 Å². The van der Waals surface area contributed by atoms with Crippen LogP contribution >= 0.6 is 0 Å². The number of rotatable bonds is 10. The van der Waals surface area contributed by atoms with Gasteiger partial charge in [0.1, 0.15) is 5.82 Å². The molecule has 1 aromatic carbocycles. The molecular weight excluding hydrogens is 455 g/mol. The Bertz CT molecular complexity index is 940. The summed E-state index contributed by atoms with van der Waals surface area (Å²) in [4.78, 5) is 14.8. The third-order valence-electron chi connectivity index (χ3n) is 7.18. The van der Waals surface area contributed by atoms with Gasteiger partial charge in [-0.2, -0.15) is 0 Å². The maximum atomic E-state index is 13.6. The van der Waals surface area contributed by atoms with E-state index >= 15 is 0 Å². The van der Waals surface area contributed by atoms with Crippen LogP contribution in [-0.2, 0) is 14.8 Å². The van der Waals surface area contributed by atoms with Crippen LogP contribution < -0.4 is 15.4 Å². The van der Waals surface area contributed by atoms with Gasteiger partial charge in [-0.15, -0.1) is 0 Å². The van der Waals surface area contributed by atoms with Crippen molar-refractivity contribution in [2.24, 2.45) is 11.3 Å². The average Bonchev–Trinajstić information content (AvgIpc) is 3.16. The van der Waals surface area contributed by atoms with Crippen LogP contribution in [0.5, 0.6) is 0 Å². The number of amides is 1. The van der Waals surface area contributed by atoms with Crippen molar-refractivity contribution in [1.82, 2.24) is 14.9 Å². The minimum absolute atomic E-state index is 0.0761. The Morgan fingerprint density at radius 1 is 1.26 bits per heavy atom. The Labute approximate surface area is 204 Å². The number of nitrogens with one attached hydrogen (secondary N) is 3. The highest BCUT2D eigenvalue weighted by Gasteiger charge is 2.31. The van der Waals surface area contributed by atoms with E-state index in [2.05, 4.69) is 41.0 Å². The number of benzene rings is 1. The molecule has 2 aliphatic rings. The van der Waals surface area contributed by atoms with Gasteiger partial charge in [0.15, 0.2) is 0 Å². The number of carbonyl (C=O) groups excluding carboxylic acids is 1. The molecule has 0 spiro atoms. The van der Waals surface area contributed by atoms with Gasteiger partial charge in [-0.05, 0) is 74.4 Å². The number of carbonyl (C=O) groups is 1. The molecule has 34 heavy (non-hydrogen) atoms. The number of piperidine rings is 1. The Morgan fingerprint density at radius 3 is 2.62 bits per heavy atom. The topological polar surface area (TPSA) is 90.5 Å². The molecular formula is C25H41FN4O3S. The van der Waals surface area contributed by atoms with Gasteiger partial charge in [0.05, 0.1) is 5.75 Å². The molecule has 0 saturated carbocycles. The molecule has 3 rings (SSSR count). The second kappa shape index (κ2) is 11.4. The molecule has 3 N–H and O–H groups in total. The molecule has 1 aromatic rings. The Hall–Kier alpha value is -1.71. The Balaban J connectivity index is 1.38. The SMILES string of the molecule is CCS(=O)(=O)NC(CN1CCC(CC(=O)NCCC2CNc3ccc(F)cc32)CC1)C(C)(C)C. The standard InChI is InChI=1S/C25H41FN4O3S/c1-5-34(32,33)29-23(25(2,3)4)17-30-12-9-18(10-13-30)14-24(31)27-11-8-19-16-28-22-7-6-20(26)15-21(19)22/h6-7,15,18-19,23,28-29H,5,8-14,16-17H2,1-4H3,(H,27,31). The summed E-state index contributed by atoms with van der Waals surface area (Å²) in [6.45, 7) is 11.6. The van der Waals surface area contributed by atoms with E-state index in [4.69, 9.17) is 0 Å². The van der Waals surface area contributed by atoms with E-state index in [9.17, 15) is 17.6 Å². The second-order valence-electron chi connectivity index (χ2n) is 10.8. The monoisotopic (exact) mass is 496 g/mol. The normalized spacial score (nSPS) is 20.6. The molecule has 1 amide bonds. The van der Waals surface area contributed by atoms with Crippen molar-refractivity contribution in [1.29, 1.82) is 0 Å². The highest BCUT2D eigenvalue weighted by atomic mass is 32.2. The number of nitrogens with zero attached hydrogens (tertiary/aromatic N) is 1. The number of hydrogen-bond donors (Lipinski definition) is 3. The van der Waals surface area contributed by atoms with E-state index in [1.54, 1.807) is 19.1 Å². The van der Waals surface area contributed by atoms with Gasteiger partial charge >= 0.3 is 0 Å². The molecule has 0 radical (unpaired) electrons. The fourth-order valence-corrected chi connectivity index (χ4v) is 5.80. The summed E-state index contributed by atoms with van der Waals surface area (Å²) in [5, 5.41) is 6.35. The van der Waals surface area contributed by atoms with Crippen molar-refractivity contribution in [3.05, 3.63) is 29.6 Å². The van der Waals surface area contributed by atoms with Crippen molar-refractivity contribution < 1.29 is 17.6 Å². The molecule has 2 heterocycles. The van der Waals surface area contributed by atoms with E-state index < -0.39 is 10.0 Å². The lowest BCUT2D eigenvalue weighted by atomic mass is 9.86. The summed E-state index contributed by atoms with van der Waals surface area (Å²) in [5.41, 5.74) is 1.80. The minimum Gasteiger partial charge on any atom is -0.384 e. The first kappa shape index (κ1) is 26.9. The van der Waals surface area contributed by atoms with E-state index in [0.717, 1.165) is 50.1 Å². The van der Waals surface area contributed by atoms with Crippen molar-refractivity contribution >= 4 is 21.6 Å². The van der Waals surface area contributed by atoms with Crippen LogP contribution in [0, 0.1) is 17.2 Å². The van der Waals surface area contributed by atoms with Crippen LogP contribution in [0.2, 0.25) is 0 Å². The first-order valence-electron chi connectivity index (χ1n) is 12.5. The maximum absolute atomic E-state index is 13.6. The van der Waals surface area contributed by atoms with E-state index in [-0.39, 0.29) is 34.9 Å². The van der Waals surface area contributed by atoms with Crippen molar-refractivity contribution in [2.75, 3.05) is 43.8 Å². The maximum Gasteiger partial charge on any atom is 0.220 e. The average molecular weight is 497 g/mol. The van der Waals surface area contributed by atoms with Crippen LogP contribution in [0.25, 0.3) is 0 Å². The predicted octanol–water partition coefficient (Wildman–Crippen LogP) is 3.30. The Morgan fingerprint density at radius 2 is 1.97 bits per heavy atom. The van der Waals surface area contributed by atoms with Crippen molar-refractivity contribution in [3.63, 3.8) is 0 Å². The zero-order valence-corrected chi connectivity index (χ0v) is 21.8. The molecule has 0 aliphatic carbocycles. The number of sulfonamides is 1. The summed E-state index contributed by atoms with van der Waals surface area (Å²) in [6, 6.07) is 4.68. The van der Waals surface area contributed by atoms with Crippen LogP contribution in [0.4, 0.5) is 10.1 Å². The van der Waals surface area contributed by atoms with Gasteiger partial charge in [-0.1, -0.05) is 20.8 Å². The molecule has 192 valence electrons. The van der Waals surface area contributed by atoms with E-state index in [1.807, 2.05) is 0 Å². The molecule has 2 unspecified atom stereocenters. The van der Waals surface area contributed by atoms with Crippen LogP contribution in [0.3, 0.4) is 0 Å². The summed E-state index contributed by atoms with van der Waals surface area (Å²) in [6.07, 6.45) is 3.18. The number of hydrogen-bond acceptors (Lipinski definition) is 5. The molecule has 1 saturated heterocycles. The zero-order chi connectivity index (χ0) is 24.9. The summed E-state index contributed by atoms with van der Waals surface area (Å²) in [5.74, 6) is 0.499. The number of halogens is 1. The quantitative estimate of drug-likeness (QED) is 0.462. The fraction of sp³-hybridized carbons (Fsp3) is 0.720. The molecule has 1 fully saturated rings. The summed E-state index contributed by atoms with van der Waals surface area (Å²) < 4.78 is 40.7. The van der Waals surface area contributed by atoms with Gasteiger partial charge in [-0.25, -0.2) is 17.5 Å². The first-order chi connectivity index (χ1) is 16.0. The molecule has 0 aromatic heterocycles. The predicted molar refractivity (Wildman–Crippen MR) is 135 cm³/mol. The zero-order valence-electron chi connectivity index (χ0n) is 21.0. The fourth-order valence-electron chi connectivity index (χ4n) is 4.77. The van der Waals surface area contributed by atoms with Gasteiger partial charge in [0.25, 0.3) is 0 Å². The van der Waals surface area contributed by atoms with Gasteiger partial charge in [0.2, 0.25) is 15.9 Å². The highest BCUT2D eigenvalue weighted by Crippen LogP contribution is 2.33. The van der Waals surface area contributed by atoms with Crippen LogP contribution in [0.1, 0.15) is 64.9 Å². The largest absolute Gasteiger partial charge is 0.384 e. The lowest BCUT2D eigenvalue weighted by Gasteiger charge is -2.38. The van der Waals surface area contributed by atoms with Crippen molar-refractivity contribution in [2.45, 2.75) is 65.3 Å². The smallest absolute Gasteiger partial charge is 0.220 e. The van der Waals surface area contributed by atoms with E-state index in [0.29, 0.717) is 25.4 Å². The minimum atomic E-state index is -3.27. The third kappa shape index (κ3) is 7.65. The van der Waals surface area contributed by atoms with Crippen LogP contribution in [0.15, 0.2) is 18.2 Å². The highest BCUT2D eigenvalue weighted by molar-refractivity contribution is 7.89. The van der Waals surface area contributed by atoms with Gasteiger partial charge < -0.3 is 15.5 Å². The third-order valence-corrected chi connectivity index (χ3v) is 8.58. The lowest BCUT2D eigenvalue weighted by molar-refractivity contribution is -0.122. The van der Waals surface area contributed by atoms with Crippen molar-refractivity contribution in [3.8, 4) is 0 Å². The summed E-state index contributed by atoms with van der Waals surface area (Å²) in [7, 11) is -3.27. The first-order valence-corrected chi connectivity index (χ1v) is 14.1. The Kier molecular flexibility index (Phi) is 8.98. The number of likely N-dealkylation sites (tertiary alicyclic amines) is 1. The van der Waals surface area contributed by atoms with Gasteiger partial charge in [-0.3, -0.25) is 4.79 Å². The van der Waals surface area contributed by atoms with Crippen LogP contribution in [-0.4, -0.2) is 63.7 Å². The summed E-state index contributed by atoms with van der Waals surface area (Å²) >= 11 is 0. The number of fused-ring (bicyclic) bond motifs is 1.